The molecule has 0 aliphatic carbocycles. The van der Waals surface area contributed by atoms with Gasteiger partial charge in [0, 0.05) is 42.9 Å². The summed E-state index contributed by atoms with van der Waals surface area (Å²) in [6, 6.07) is 13.4. The van der Waals surface area contributed by atoms with Crippen molar-refractivity contribution in [2.75, 3.05) is 11.9 Å². The molecular weight excluding hydrogens is 376 g/mol. The first-order valence-electron chi connectivity index (χ1n) is 9.96. The number of nitrogens with one attached hydrogen (secondary N) is 2. The van der Waals surface area contributed by atoms with Crippen molar-refractivity contribution in [3.63, 3.8) is 0 Å². The van der Waals surface area contributed by atoms with E-state index in [-0.39, 0.29) is 6.03 Å². The highest BCUT2D eigenvalue weighted by Gasteiger charge is 2.13. The van der Waals surface area contributed by atoms with Crippen LogP contribution < -0.4 is 10.6 Å². The maximum absolute atomic E-state index is 12.3. The quantitative estimate of drug-likeness (QED) is 0.472. The summed E-state index contributed by atoms with van der Waals surface area (Å²) in [7, 11) is 0. The lowest BCUT2D eigenvalue weighted by Crippen LogP contribution is -2.30. The van der Waals surface area contributed by atoms with Crippen LogP contribution in [0.25, 0.3) is 22.6 Å². The first-order valence-corrected chi connectivity index (χ1v) is 9.96. The molecule has 7 nitrogen and oxygen atoms in total. The van der Waals surface area contributed by atoms with Crippen LogP contribution in [0.2, 0.25) is 0 Å². The van der Waals surface area contributed by atoms with Crippen molar-refractivity contribution in [1.82, 2.24) is 24.8 Å². The van der Waals surface area contributed by atoms with Crippen LogP contribution in [0.1, 0.15) is 17.5 Å². The van der Waals surface area contributed by atoms with Crippen molar-refractivity contribution < 1.29 is 4.79 Å². The number of fused-ring (bicyclic) bond motifs is 1. The molecule has 0 saturated heterocycles. The van der Waals surface area contributed by atoms with Gasteiger partial charge in [-0.15, -0.1) is 0 Å². The highest BCUT2D eigenvalue weighted by Crippen LogP contribution is 2.23. The highest BCUT2D eigenvalue weighted by atomic mass is 16.2. The summed E-state index contributed by atoms with van der Waals surface area (Å²) in [6.07, 6.45) is 6.03. The van der Waals surface area contributed by atoms with Gasteiger partial charge in [-0.1, -0.05) is 12.1 Å². The summed E-state index contributed by atoms with van der Waals surface area (Å²) in [6.45, 7) is 5.26. The number of aryl methyl sites for hydroxylation is 2. The third-order valence-electron chi connectivity index (χ3n) is 5.14. The van der Waals surface area contributed by atoms with Crippen LogP contribution >= 0.6 is 0 Å². The zero-order chi connectivity index (χ0) is 20.9. The second-order valence-electron chi connectivity index (χ2n) is 7.15. The number of hydrogen-bond acceptors (Lipinski definition) is 4. The molecule has 4 aromatic rings. The van der Waals surface area contributed by atoms with E-state index in [0.29, 0.717) is 13.1 Å². The van der Waals surface area contributed by atoms with E-state index in [1.54, 1.807) is 18.6 Å². The highest BCUT2D eigenvalue weighted by molar-refractivity contribution is 5.90. The first-order chi connectivity index (χ1) is 14.6. The van der Waals surface area contributed by atoms with Crippen LogP contribution in [0.3, 0.4) is 0 Å². The summed E-state index contributed by atoms with van der Waals surface area (Å²) >= 11 is 0. The van der Waals surface area contributed by atoms with Gasteiger partial charge in [0.25, 0.3) is 0 Å². The number of amides is 2. The summed E-state index contributed by atoms with van der Waals surface area (Å²) in [5, 5.41) is 5.86. The van der Waals surface area contributed by atoms with Gasteiger partial charge in [0.1, 0.15) is 11.3 Å². The third kappa shape index (κ3) is 4.15. The predicted molar refractivity (Wildman–Crippen MR) is 118 cm³/mol. The van der Waals surface area contributed by atoms with Gasteiger partial charge in [0.15, 0.2) is 5.65 Å². The zero-order valence-electron chi connectivity index (χ0n) is 17.1. The molecule has 0 saturated carbocycles. The first kappa shape index (κ1) is 19.6. The van der Waals surface area contributed by atoms with Gasteiger partial charge in [0.2, 0.25) is 0 Å². The van der Waals surface area contributed by atoms with Gasteiger partial charge in [0.05, 0.1) is 0 Å². The van der Waals surface area contributed by atoms with E-state index in [0.717, 1.165) is 45.8 Å². The van der Waals surface area contributed by atoms with E-state index >= 15 is 0 Å². The molecule has 0 spiro atoms. The molecule has 0 atom stereocenters. The monoisotopic (exact) mass is 400 g/mol. The van der Waals surface area contributed by atoms with Crippen molar-refractivity contribution in [2.45, 2.75) is 26.8 Å². The maximum Gasteiger partial charge on any atom is 0.319 e. The summed E-state index contributed by atoms with van der Waals surface area (Å²) in [5.41, 5.74) is 5.73. The molecular formula is C23H24N6O. The Morgan fingerprint density at radius 1 is 1.03 bits per heavy atom. The SMILES string of the molecule is Cc1cccc(NC(=O)NCCCn2c(-c3ccncc3)nc3cccnc32)c1C. The minimum atomic E-state index is -0.202. The number of anilines is 1. The molecule has 152 valence electrons. The molecule has 7 heteroatoms. The van der Waals surface area contributed by atoms with Crippen molar-refractivity contribution in [1.29, 1.82) is 0 Å². The van der Waals surface area contributed by atoms with Gasteiger partial charge in [-0.2, -0.15) is 0 Å². The van der Waals surface area contributed by atoms with Crippen LogP contribution in [0.5, 0.6) is 0 Å². The third-order valence-corrected chi connectivity index (χ3v) is 5.14. The number of pyridine rings is 2. The Bertz CT molecular complexity index is 1170. The molecule has 0 unspecified atom stereocenters. The lowest BCUT2D eigenvalue weighted by atomic mass is 10.1. The zero-order valence-corrected chi connectivity index (χ0v) is 17.1. The van der Waals surface area contributed by atoms with Crippen LogP contribution in [0, 0.1) is 13.8 Å². The van der Waals surface area contributed by atoms with E-state index in [9.17, 15) is 4.79 Å². The predicted octanol–water partition coefficient (Wildman–Crippen LogP) is 4.32. The van der Waals surface area contributed by atoms with Crippen molar-refractivity contribution >= 4 is 22.9 Å². The molecule has 2 amide bonds. The summed E-state index contributed by atoms with van der Waals surface area (Å²) in [5.74, 6) is 0.853. The molecule has 4 rings (SSSR count). The number of urea groups is 1. The number of imidazole rings is 1. The van der Waals surface area contributed by atoms with Crippen molar-refractivity contribution in [2.24, 2.45) is 0 Å². The number of nitrogens with zero attached hydrogens (tertiary/aromatic N) is 4. The van der Waals surface area contributed by atoms with Crippen molar-refractivity contribution in [3.8, 4) is 11.4 Å². The van der Waals surface area contributed by atoms with Crippen LogP contribution in [-0.4, -0.2) is 32.1 Å². The molecule has 30 heavy (non-hydrogen) atoms. The normalized spacial score (nSPS) is 10.9. The Morgan fingerprint density at radius 2 is 1.87 bits per heavy atom. The average molecular weight is 400 g/mol. The van der Waals surface area contributed by atoms with Crippen LogP contribution in [0.4, 0.5) is 10.5 Å². The summed E-state index contributed by atoms with van der Waals surface area (Å²) < 4.78 is 2.09. The second kappa shape index (κ2) is 8.73. The minimum absolute atomic E-state index is 0.202. The fourth-order valence-electron chi connectivity index (χ4n) is 3.38. The number of carbonyl (C=O) groups is 1. The van der Waals surface area contributed by atoms with Crippen LogP contribution in [0.15, 0.2) is 61.1 Å². The number of hydrogen-bond donors (Lipinski definition) is 2. The van der Waals surface area contributed by atoms with Gasteiger partial charge >= 0.3 is 6.03 Å². The average Bonchev–Trinajstić information content (AvgIpc) is 3.14. The van der Waals surface area contributed by atoms with Gasteiger partial charge in [-0.3, -0.25) is 4.98 Å². The fourth-order valence-corrected chi connectivity index (χ4v) is 3.38. The molecule has 0 radical (unpaired) electrons. The number of carbonyl (C=O) groups excluding carboxylic acids is 1. The van der Waals surface area contributed by atoms with E-state index in [4.69, 9.17) is 4.98 Å². The Kier molecular flexibility index (Phi) is 5.70. The van der Waals surface area contributed by atoms with E-state index < -0.39 is 0 Å². The van der Waals surface area contributed by atoms with E-state index in [2.05, 4.69) is 25.2 Å². The standard InChI is InChI=1S/C23H24N6O/c1-16-6-3-7-19(17(16)2)28-23(30)26-12-5-15-29-21(18-9-13-24-14-10-18)27-20-8-4-11-25-22(20)29/h3-4,6-11,13-14H,5,12,15H2,1-2H3,(H2,26,28,30). The molecule has 3 heterocycles. The molecule has 0 aliphatic rings. The topological polar surface area (TPSA) is 84.7 Å². The molecule has 0 aliphatic heterocycles. The maximum atomic E-state index is 12.3. The van der Waals surface area contributed by atoms with Crippen molar-refractivity contribution in [3.05, 3.63) is 72.2 Å². The van der Waals surface area contributed by atoms with Gasteiger partial charge < -0.3 is 15.2 Å². The largest absolute Gasteiger partial charge is 0.338 e. The number of aromatic nitrogens is 4. The molecule has 0 fully saturated rings. The fraction of sp³-hybridized carbons (Fsp3) is 0.217. The molecule has 0 bridgehead atoms. The van der Waals surface area contributed by atoms with Gasteiger partial charge in [-0.05, 0) is 61.7 Å². The smallest absolute Gasteiger partial charge is 0.319 e. The molecule has 2 N–H and O–H groups in total. The van der Waals surface area contributed by atoms with E-state index in [1.165, 1.54) is 0 Å². The Labute approximate surface area is 175 Å². The molecule has 3 aromatic heterocycles. The van der Waals surface area contributed by atoms with Crippen LogP contribution in [-0.2, 0) is 6.54 Å². The molecule has 1 aromatic carbocycles. The summed E-state index contributed by atoms with van der Waals surface area (Å²) in [4.78, 5) is 25.6. The minimum Gasteiger partial charge on any atom is -0.338 e. The van der Waals surface area contributed by atoms with E-state index in [1.807, 2.05) is 56.3 Å². The Morgan fingerprint density at radius 3 is 2.70 bits per heavy atom. The lowest BCUT2D eigenvalue weighted by molar-refractivity contribution is 0.252. The number of rotatable bonds is 6. The second-order valence-corrected chi connectivity index (χ2v) is 7.15. The van der Waals surface area contributed by atoms with Gasteiger partial charge in [-0.25, -0.2) is 14.8 Å². The Balaban J connectivity index is 1.42. The lowest BCUT2D eigenvalue weighted by Gasteiger charge is -2.12. The number of benzene rings is 1. The Hall–Kier alpha value is -3.74.